The van der Waals surface area contributed by atoms with Gasteiger partial charge in [-0.15, -0.1) is 0 Å². The number of nitrogens with two attached hydrogens (primary N) is 2. The Labute approximate surface area is 118 Å². The zero-order valence-corrected chi connectivity index (χ0v) is 11.1. The number of carboxylic acids is 1. The standard InChI is InChI=1S/C16H18N2O2/c17-10-12-6-2-4-8-14(12)13-7-3-1-5-11(13)9-15(18)16(19)20/h1-8,15H,9-10,17-18H2,(H,19,20)/t15-/m0/s1. The molecular weight excluding hydrogens is 252 g/mol. The monoisotopic (exact) mass is 270 g/mol. The predicted molar refractivity (Wildman–Crippen MR) is 79.1 cm³/mol. The van der Waals surface area contributed by atoms with Crippen LogP contribution in [0.25, 0.3) is 11.1 Å². The van der Waals surface area contributed by atoms with E-state index in [9.17, 15) is 4.79 Å². The van der Waals surface area contributed by atoms with E-state index in [1.807, 2.05) is 48.5 Å². The van der Waals surface area contributed by atoms with Crippen molar-refractivity contribution in [3.05, 3.63) is 59.7 Å². The number of carboxylic acid groups (broad SMARTS) is 1. The summed E-state index contributed by atoms with van der Waals surface area (Å²) in [6.07, 6.45) is 0.296. The summed E-state index contributed by atoms with van der Waals surface area (Å²) in [6.45, 7) is 0.440. The molecule has 0 aliphatic rings. The van der Waals surface area contributed by atoms with Gasteiger partial charge in [-0.2, -0.15) is 0 Å². The highest BCUT2D eigenvalue weighted by molar-refractivity contribution is 5.76. The molecule has 0 amide bonds. The highest BCUT2D eigenvalue weighted by Gasteiger charge is 2.15. The van der Waals surface area contributed by atoms with Crippen molar-refractivity contribution in [2.45, 2.75) is 19.0 Å². The van der Waals surface area contributed by atoms with Gasteiger partial charge in [0.25, 0.3) is 0 Å². The molecule has 0 fully saturated rings. The molecule has 2 rings (SSSR count). The van der Waals surface area contributed by atoms with Crippen molar-refractivity contribution in [2.24, 2.45) is 11.5 Å². The van der Waals surface area contributed by atoms with E-state index in [0.717, 1.165) is 22.3 Å². The minimum absolute atomic E-state index is 0.296. The minimum atomic E-state index is -0.994. The summed E-state index contributed by atoms with van der Waals surface area (Å²) in [5, 5.41) is 8.96. The molecule has 2 aromatic rings. The molecule has 1 atom stereocenters. The lowest BCUT2D eigenvalue weighted by molar-refractivity contribution is -0.138. The minimum Gasteiger partial charge on any atom is -0.480 e. The number of aliphatic carboxylic acids is 1. The number of benzene rings is 2. The van der Waals surface area contributed by atoms with E-state index >= 15 is 0 Å². The molecule has 20 heavy (non-hydrogen) atoms. The highest BCUT2D eigenvalue weighted by Crippen LogP contribution is 2.27. The first kappa shape index (κ1) is 14.2. The van der Waals surface area contributed by atoms with Gasteiger partial charge in [0.2, 0.25) is 0 Å². The SMILES string of the molecule is NCc1ccccc1-c1ccccc1C[C@H](N)C(=O)O. The first-order valence-electron chi connectivity index (χ1n) is 6.48. The summed E-state index contributed by atoms with van der Waals surface area (Å²) in [6, 6.07) is 14.7. The van der Waals surface area contributed by atoms with Gasteiger partial charge in [0.15, 0.2) is 0 Å². The molecule has 0 aliphatic carbocycles. The smallest absolute Gasteiger partial charge is 0.320 e. The van der Waals surface area contributed by atoms with Gasteiger partial charge in [-0.25, -0.2) is 0 Å². The Bertz CT molecular complexity index is 611. The third-order valence-corrected chi connectivity index (χ3v) is 3.30. The molecule has 0 aliphatic heterocycles. The van der Waals surface area contributed by atoms with Crippen molar-refractivity contribution in [1.29, 1.82) is 0 Å². The molecule has 0 bridgehead atoms. The Hall–Kier alpha value is -2.17. The quantitative estimate of drug-likeness (QED) is 0.772. The Balaban J connectivity index is 2.44. The summed E-state index contributed by atoms with van der Waals surface area (Å²) >= 11 is 0. The number of hydrogen-bond donors (Lipinski definition) is 3. The van der Waals surface area contributed by atoms with Crippen LogP contribution in [-0.4, -0.2) is 17.1 Å². The fourth-order valence-corrected chi connectivity index (χ4v) is 2.25. The summed E-state index contributed by atoms with van der Waals surface area (Å²) in [5.74, 6) is -0.994. The molecule has 0 radical (unpaired) electrons. The number of carbonyl (C=O) groups is 1. The second-order valence-electron chi connectivity index (χ2n) is 4.67. The van der Waals surface area contributed by atoms with E-state index in [2.05, 4.69) is 0 Å². The van der Waals surface area contributed by atoms with Crippen molar-refractivity contribution in [3.63, 3.8) is 0 Å². The lowest BCUT2D eigenvalue weighted by Crippen LogP contribution is -2.32. The van der Waals surface area contributed by atoms with Gasteiger partial charge in [-0.05, 0) is 28.7 Å². The van der Waals surface area contributed by atoms with E-state index < -0.39 is 12.0 Å². The van der Waals surface area contributed by atoms with Crippen LogP contribution >= 0.6 is 0 Å². The van der Waals surface area contributed by atoms with E-state index in [4.69, 9.17) is 16.6 Å². The van der Waals surface area contributed by atoms with E-state index in [-0.39, 0.29) is 0 Å². The zero-order chi connectivity index (χ0) is 14.5. The summed E-state index contributed by atoms with van der Waals surface area (Å²) < 4.78 is 0. The van der Waals surface area contributed by atoms with Crippen LogP contribution < -0.4 is 11.5 Å². The van der Waals surface area contributed by atoms with Crippen molar-refractivity contribution >= 4 is 5.97 Å². The highest BCUT2D eigenvalue weighted by atomic mass is 16.4. The maximum absolute atomic E-state index is 10.9. The van der Waals surface area contributed by atoms with Crippen molar-refractivity contribution in [1.82, 2.24) is 0 Å². The largest absolute Gasteiger partial charge is 0.480 e. The van der Waals surface area contributed by atoms with Gasteiger partial charge >= 0.3 is 5.97 Å². The van der Waals surface area contributed by atoms with Gasteiger partial charge in [0, 0.05) is 6.54 Å². The van der Waals surface area contributed by atoms with Crippen molar-refractivity contribution in [2.75, 3.05) is 0 Å². The van der Waals surface area contributed by atoms with Gasteiger partial charge < -0.3 is 16.6 Å². The maximum atomic E-state index is 10.9. The Morgan fingerprint density at radius 3 is 2.05 bits per heavy atom. The van der Waals surface area contributed by atoms with E-state index in [1.54, 1.807) is 0 Å². The van der Waals surface area contributed by atoms with Crippen molar-refractivity contribution in [3.8, 4) is 11.1 Å². The molecule has 0 heterocycles. The molecule has 104 valence electrons. The first-order valence-corrected chi connectivity index (χ1v) is 6.48. The summed E-state index contributed by atoms with van der Waals surface area (Å²) in [7, 11) is 0. The van der Waals surface area contributed by atoms with Crippen LogP contribution in [0.5, 0.6) is 0 Å². The van der Waals surface area contributed by atoms with E-state index in [1.165, 1.54) is 0 Å². The number of hydrogen-bond acceptors (Lipinski definition) is 3. The lowest BCUT2D eigenvalue weighted by Gasteiger charge is -2.14. The number of rotatable bonds is 5. The second-order valence-corrected chi connectivity index (χ2v) is 4.67. The molecule has 0 aromatic heterocycles. The van der Waals surface area contributed by atoms with Crippen molar-refractivity contribution < 1.29 is 9.90 Å². The fraction of sp³-hybridized carbons (Fsp3) is 0.188. The topological polar surface area (TPSA) is 89.3 Å². The first-order chi connectivity index (χ1) is 9.63. The van der Waals surface area contributed by atoms with Crippen LogP contribution in [0, 0.1) is 0 Å². The van der Waals surface area contributed by atoms with Gasteiger partial charge in [-0.1, -0.05) is 48.5 Å². The molecule has 0 saturated heterocycles. The third kappa shape index (κ3) is 3.04. The van der Waals surface area contributed by atoms with Crippen LogP contribution in [-0.2, 0) is 17.8 Å². The molecule has 0 spiro atoms. The predicted octanol–water partition coefficient (Wildman–Crippen LogP) is 1.77. The maximum Gasteiger partial charge on any atom is 0.320 e. The van der Waals surface area contributed by atoms with Crippen LogP contribution in [0.3, 0.4) is 0 Å². The Kier molecular flexibility index (Phi) is 4.50. The summed E-state index contributed by atoms with van der Waals surface area (Å²) in [4.78, 5) is 10.9. The molecule has 4 nitrogen and oxygen atoms in total. The molecule has 0 unspecified atom stereocenters. The molecule has 5 N–H and O–H groups in total. The van der Waals surface area contributed by atoms with Crippen LogP contribution in [0.15, 0.2) is 48.5 Å². The average molecular weight is 270 g/mol. The van der Waals surface area contributed by atoms with E-state index in [0.29, 0.717) is 13.0 Å². The molecule has 0 saturated carbocycles. The third-order valence-electron chi connectivity index (χ3n) is 3.30. The van der Waals surface area contributed by atoms with Gasteiger partial charge in [0.05, 0.1) is 0 Å². The fourth-order valence-electron chi connectivity index (χ4n) is 2.25. The van der Waals surface area contributed by atoms with Crippen LogP contribution in [0.1, 0.15) is 11.1 Å². The Morgan fingerprint density at radius 2 is 1.50 bits per heavy atom. The van der Waals surface area contributed by atoms with Crippen LogP contribution in [0.2, 0.25) is 0 Å². The Morgan fingerprint density at radius 1 is 1.00 bits per heavy atom. The molecular formula is C16H18N2O2. The second kappa shape index (κ2) is 6.32. The van der Waals surface area contributed by atoms with Crippen LogP contribution in [0.4, 0.5) is 0 Å². The molecule has 4 heteroatoms. The van der Waals surface area contributed by atoms with Gasteiger partial charge in [-0.3, -0.25) is 4.79 Å². The molecule has 2 aromatic carbocycles. The lowest BCUT2D eigenvalue weighted by atomic mass is 9.92. The van der Waals surface area contributed by atoms with Gasteiger partial charge in [0.1, 0.15) is 6.04 Å². The average Bonchev–Trinajstić information content (AvgIpc) is 2.47. The summed E-state index contributed by atoms with van der Waals surface area (Å²) in [5.41, 5.74) is 15.4. The normalized spacial score (nSPS) is 12.1. The zero-order valence-electron chi connectivity index (χ0n) is 11.1.